The molecule has 126 valence electrons. The van der Waals surface area contributed by atoms with Crippen LogP contribution in [0.3, 0.4) is 0 Å². The lowest BCUT2D eigenvalue weighted by molar-refractivity contribution is 0.0575. The quantitative estimate of drug-likeness (QED) is 0.570. The SMILES string of the molecule is C=CCOCC1CCN(C(=O)c2ccc(OC(C)C)cc2)CC1. The van der Waals surface area contributed by atoms with Gasteiger partial charge in [0.15, 0.2) is 0 Å². The van der Waals surface area contributed by atoms with E-state index in [0.717, 1.165) is 43.9 Å². The fourth-order valence-corrected chi connectivity index (χ4v) is 2.75. The molecule has 0 atom stereocenters. The minimum atomic E-state index is 0.103. The van der Waals surface area contributed by atoms with Crippen molar-refractivity contribution in [2.24, 2.45) is 5.92 Å². The van der Waals surface area contributed by atoms with Gasteiger partial charge in [-0.15, -0.1) is 6.58 Å². The first-order valence-corrected chi connectivity index (χ1v) is 8.34. The Morgan fingerprint density at radius 3 is 2.52 bits per heavy atom. The van der Waals surface area contributed by atoms with Crippen LogP contribution in [0.1, 0.15) is 37.0 Å². The molecule has 1 saturated heterocycles. The average molecular weight is 317 g/mol. The Bertz CT molecular complexity index is 502. The van der Waals surface area contributed by atoms with Crippen molar-refractivity contribution in [3.8, 4) is 5.75 Å². The first-order valence-electron chi connectivity index (χ1n) is 8.34. The third kappa shape index (κ3) is 5.39. The van der Waals surface area contributed by atoms with Crippen molar-refractivity contribution in [3.63, 3.8) is 0 Å². The zero-order chi connectivity index (χ0) is 16.7. The van der Waals surface area contributed by atoms with Gasteiger partial charge >= 0.3 is 0 Å². The first-order chi connectivity index (χ1) is 11.1. The van der Waals surface area contributed by atoms with Crippen molar-refractivity contribution < 1.29 is 14.3 Å². The molecule has 0 saturated carbocycles. The van der Waals surface area contributed by atoms with Crippen molar-refractivity contribution in [2.75, 3.05) is 26.3 Å². The summed E-state index contributed by atoms with van der Waals surface area (Å²) in [4.78, 5) is 14.5. The third-order valence-corrected chi connectivity index (χ3v) is 3.96. The Hall–Kier alpha value is -1.81. The van der Waals surface area contributed by atoms with E-state index in [1.54, 1.807) is 6.08 Å². The summed E-state index contributed by atoms with van der Waals surface area (Å²) >= 11 is 0. The lowest BCUT2D eigenvalue weighted by Gasteiger charge is -2.32. The van der Waals surface area contributed by atoms with Crippen LogP contribution in [0.2, 0.25) is 0 Å². The van der Waals surface area contributed by atoms with Gasteiger partial charge in [-0.05, 0) is 56.9 Å². The Labute approximate surface area is 139 Å². The zero-order valence-corrected chi connectivity index (χ0v) is 14.2. The van der Waals surface area contributed by atoms with Crippen LogP contribution in [0.15, 0.2) is 36.9 Å². The smallest absolute Gasteiger partial charge is 0.253 e. The van der Waals surface area contributed by atoms with E-state index in [4.69, 9.17) is 9.47 Å². The molecule has 1 aliphatic heterocycles. The maximum atomic E-state index is 12.5. The number of ether oxygens (including phenoxy) is 2. The van der Waals surface area contributed by atoms with Gasteiger partial charge in [0.05, 0.1) is 12.7 Å². The number of hydrogen-bond donors (Lipinski definition) is 0. The van der Waals surface area contributed by atoms with Crippen LogP contribution in [0.25, 0.3) is 0 Å². The summed E-state index contributed by atoms with van der Waals surface area (Å²) in [6, 6.07) is 7.42. The van der Waals surface area contributed by atoms with Gasteiger partial charge < -0.3 is 14.4 Å². The average Bonchev–Trinajstić information content (AvgIpc) is 2.55. The van der Waals surface area contributed by atoms with Gasteiger partial charge in [0.25, 0.3) is 5.91 Å². The number of hydrogen-bond acceptors (Lipinski definition) is 3. The Kier molecular flexibility index (Phi) is 6.66. The van der Waals surface area contributed by atoms with Crippen molar-refractivity contribution in [1.82, 2.24) is 4.90 Å². The summed E-state index contributed by atoms with van der Waals surface area (Å²) < 4.78 is 11.1. The maximum Gasteiger partial charge on any atom is 0.253 e. The van der Waals surface area contributed by atoms with Gasteiger partial charge in [-0.25, -0.2) is 0 Å². The summed E-state index contributed by atoms with van der Waals surface area (Å²) in [5, 5.41) is 0. The minimum absolute atomic E-state index is 0.103. The molecule has 23 heavy (non-hydrogen) atoms. The molecule has 0 unspecified atom stereocenters. The number of benzene rings is 1. The van der Waals surface area contributed by atoms with Gasteiger partial charge in [-0.3, -0.25) is 4.79 Å². The Morgan fingerprint density at radius 1 is 1.30 bits per heavy atom. The first kappa shape index (κ1) is 17.5. The van der Waals surface area contributed by atoms with E-state index < -0.39 is 0 Å². The predicted octanol–water partition coefficient (Wildman–Crippen LogP) is 3.53. The zero-order valence-electron chi connectivity index (χ0n) is 14.2. The molecular weight excluding hydrogens is 290 g/mol. The van der Waals surface area contributed by atoms with Crippen molar-refractivity contribution in [1.29, 1.82) is 0 Å². The summed E-state index contributed by atoms with van der Waals surface area (Å²) in [6.07, 6.45) is 3.90. The van der Waals surface area contributed by atoms with Crippen LogP contribution in [-0.2, 0) is 4.74 Å². The summed E-state index contributed by atoms with van der Waals surface area (Å²) in [5.74, 6) is 1.45. The van der Waals surface area contributed by atoms with E-state index in [0.29, 0.717) is 12.5 Å². The molecule has 4 nitrogen and oxygen atoms in total. The van der Waals surface area contributed by atoms with Crippen molar-refractivity contribution in [2.45, 2.75) is 32.8 Å². The van der Waals surface area contributed by atoms with Gasteiger partial charge in [-0.2, -0.15) is 0 Å². The van der Waals surface area contributed by atoms with Crippen LogP contribution >= 0.6 is 0 Å². The molecule has 0 N–H and O–H groups in total. The van der Waals surface area contributed by atoms with Gasteiger partial charge in [0.1, 0.15) is 5.75 Å². The minimum Gasteiger partial charge on any atom is -0.491 e. The second kappa shape index (κ2) is 8.73. The molecule has 0 aromatic heterocycles. The van der Waals surface area contributed by atoms with Crippen LogP contribution < -0.4 is 4.74 Å². The fraction of sp³-hybridized carbons (Fsp3) is 0.526. The van der Waals surface area contributed by atoms with Crippen molar-refractivity contribution >= 4 is 5.91 Å². The highest BCUT2D eigenvalue weighted by molar-refractivity contribution is 5.94. The van der Waals surface area contributed by atoms with E-state index in [1.807, 2.05) is 43.0 Å². The molecule has 4 heteroatoms. The topological polar surface area (TPSA) is 38.8 Å². The number of nitrogens with zero attached hydrogens (tertiary/aromatic N) is 1. The fourth-order valence-electron chi connectivity index (χ4n) is 2.75. The molecule has 0 aliphatic carbocycles. The highest BCUT2D eigenvalue weighted by Gasteiger charge is 2.23. The highest BCUT2D eigenvalue weighted by Crippen LogP contribution is 2.21. The molecule has 0 bridgehead atoms. The molecule has 0 spiro atoms. The molecule has 0 radical (unpaired) electrons. The van der Waals surface area contributed by atoms with Gasteiger partial charge in [0, 0.05) is 25.3 Å². The standard InChI is InChI=1S/C19H27NO3/c1-4-13-22-14-16-9-11-20(12-10-16)19(21)17-5-7-18(8-6-17)23-15(2)3/h4-8,15-16H,1,9-14H2,2-3H3. The summed E-state index contributed by atoms with van der Waals surface area (Å²) in [7, 11) is 0. The maximum absolute atomic E-state index is 12.5. The monoisotopic (exact) mass is 317 g/mol. The summed E-state index contributed by atoms with van der Waals surface area (Å²) in [6.45, 7) is 10.6. The lowest BCUT2D eigenvalue weighted by Crippen LogP contribution is -2.39. The molecule has 1 aromatic rings. The second-order valence-electron chi connectivity index (χ2n) is 6.25. The number of likely N-dealkylation sites (tertiary alicyclic amines) is 1. The number of carbonyl (C=O) groups excluding carboxylic acids is 1. The van der Waals surface area contributed by atoms with E-state index in [9.17, 15) is 4.79 Å². The Morgan fingerprint density at radius 2 is 1.96 bits per heavy atom. The summed E-state index contributed by atoms with van der Waals surface area (Å²) in [5.41, 5.74) is 0.725. The van der Waals surface area contributed by atoms with Gasteiger partial charge in [0.2, 0.25) is 0 Å². The van der Waals surface area contributed by atoms with E-state index in [2.05, 4.69) is 6.58 Å². The molecule has 1 aliphatic rings. The normalized spacial score (nSPS) is 15.7. The number of carbonyl (C=O) groups is 1. The number of rotatable bonds is 7. The van der Waals surface area contributed by atoms with E-state index in [1.165, 1.54) is 0 Å². The number of amides is 1. The van der Waals surface area contributed by atoms with Crippen LogP contribution in [-0.4, -0.2) is 43.2 Å². The number of piperidine rings is 1. The predicted molar refractivity (Wildman–Crippen MR) is 91.8 cm³/mol. The molecular formula is C19H27NO3. The molecule has 1 aromatic carbocycles. The molecule has 1 amide bonds. The second-order valence-corrected chi connectivity index (χ2v) is 6.25. The highest BCUT2D eigenvalue weighted by atomic mass is 16.5. The van der Waals surface area contributed by atoms with Crippen LogP contribution in [0, 0.1) is 5.92 Å². The van der Waals surface area contributed by atoms with Gasteiger partial charge in [-0.1, -0.05) is 6.08 Å². The van der Waals surface area contributed by atoms with Crippen LogP contribution in [0.4, 0.5) is 0 Å². The third-order valence-electron chi connectivity index (χ3n) is 3.96. The lowest BCUT2D eigenvalue weighted by atomic mass is 9.97. The largest absolute Gasteiger partial charge is 0.491 e. The van der Waals surface area contributed by atoms with Crippen LogP contribution in [0.5, 0.6) is 5.75 Å². The Balaban J connectivity index is 1.83. The van der Waals surface area contributed by atoms with E-state index in [-0.39, 0.29) is 12.0 Å². The van der Waals surface area contributed by atoms with E-state index >= 15 is 0 Å². The molecule has 1 fully saturated rings. The molecule has 1 heterocycles. The molecule has 2 rings (SSSR count). The van der Waals surface area contributed by atoms with Crippen molar-refractivity contribution in [3.05, 3.63) is 42.5 Å².